The molecule has 0 radical (unpaired) electrons. The number of carbonyl (C=O) groups is 1. The van der Waals surface area contributed by atoms with Gasteiger partial charge in [0.2, 0.25) is 0 Å². The second-order valence-corrected chi connectivity index (χ2v) is 4.25. The van der Waals surface area contributed by atoms with Gasteiger partial charge in [-0.25, -0.2) is 0 Å². The summed E-state index contributed by atoms with van der Waals surface area (Å²) in [7, 11) is 0. The Morgan fingerprint density at radius 3 is 2.56 bits per heavy atom. The largest absolute Gasteiger partial charge is 0.364 e. The second kappa shape index (κ2) is 5.50. The average Bonchev–Trinajstić information content (AvgIpc) is 2.36. The van der Waals surface area contributed by atoms with Crippen LogP contribution in [0.15, 0.2) is 17.1 Å². The number of carbonyl (C=O) groups excluding carboxylic acids is 1. The molecule has 5 heteroatoms. The van der Waals surface area contributed by atoms with Crippen LogP contribution in [0, 0.1) is 18.3 Å². The van der Waals surface area contributed by atoms with Crippen LogP contribution in [0.25, 0.3) is 0 Å². The van der Waals surface area contributed by atoms with Crippen LogP contribution >= 0.6 is 0 Å². The van der Waals surface area contributed by atoms with Gasteiger partial charge in [-0.2, -0.15) is 5.26 Å². The van der Waals surface area contributed by atoms with E-state index in [1.54, 1.807) is 6.92 Å². The number of aromatic amines is 1. The van der Waals surface area contributed by atoms with E-state index in [2.05, 4.69) is 16.4 Å². The van der Waals surface area contributed by atoms with Crippen molar-refractivity contribution in [2.24, 2.45) is 0 Å². The van der Waals surface area contributed by atoms with Gasteiger partial charge in [-0.1, -0.05) is 13.8 Å². The number of amides is 1. The first-order valence-electron chi connectivity index (χ1n) is 5.91. The van der Waals surface area contributed by atoms with Crippen LogP contribution in [0.4, 0.5) is 0 Å². The van der Waals surface area contributed by atoms with E-state index in [4.69, 9.17) is 5.26 Å². The number of nitrogens with zero attached hydrogens (tertiary/aromatic N) is 1. The number of nitriles is 1. The number of rotatable bonds is 4. The predicted molar refractivity (Wildman–Crippen MR) is 68.2 cm³/mol. The minimum Gasteiger partial charge on any atom is -0.364 e. The molecule has 0 aromatic carbocycles. The number of aromatic nitrogens is 1. The Balaban J connectivity index is 3.03. The molecule has 1 aromatic rings. The van der Waals surface area contributed by atoms with Crippen molar-refractivity contribution in [3.05, 3.63) is 33.7 Å². The fourth-order valence-corrected chi connectivity index (χ4v) is 1.65. The van der Waals surface area contributed by atoms with Gasteiger partial charge in [-0.3, -0.25) is 9.59 Å². The van der Waals surface area contributed by atoms with E-state index in [1.807, 2.05) is 13.8 Å². The van der Waals surface area contributed by atoms with Crippen LogP contribution in [0.3, 0.4) is 0 Å². The van der Waals surface area contributed by atoms with Crippen LogP contribution in [-0.4, -0.2) is 16.4 Å². The van der Waals surface area contributed by atoms with E-state index in [-0.39, 0.29) is 11.0 Å². The molecule has 0 atom stereocenters. The quantitative estimate of drug-likeness (QED) is 0.845. The highest BCUT2D eigenvalue weighted by Crippen LogP contribution is 2.14. The summed E-state index contributed by atoms with van der Waals surface area (Å²) in [5, 5.41) is 11.8. The summed E-state index contributed by atoms with van der Waals surface area (Å²) in [6.07, 6.45) is 2.37. The van der Waals surface area contributed by atoms with E-state index in [1.165, 1.54) is 12.3 Å². The second-order valence-electron chi connectivity index (χ2n) is 4.25. The Labute approximate surface area is 106 Å². The fourth-order valence-electron chi connectivity index (χ4n) is 1.65. The van der Waals surface area contributed by atoms with Gasteiger partial charge in [0.25, 0.3) is 5.91 Å². The summed E-state index contributed by atoms with van der Waals surface area (Å²) < 4.78 is 0. The summed E-state index contributed by atoms with van der Waals surface area (Å²) in [5.41, 5.74) is -0.534. The molecule has 18 heavy (non-hydrogen) atoms. The van der Waals surface area contributed by atoms with E-state index in [0.29, 0.717) is 18.5 Å². The lowest BCUT2D eigenvalue weighted by atomic mass is 9.94. The van der Waals surface area contributed by atoms with Crippen LogP contribution in [0.2, 0.25) is 0 Å². The van der Waals surface area contributed by atoms with Crippen molar-refractivity contribution < 1.29 is 4.79 Å². The zero-order chi connectivity index (χ0) is 13.8. The molecule has 1 aromatic heterocycles. The molecule has 0 bridgehead atoms. The number of aryl methyl sites for hydroxylation is 1. The van der Waals surface area contributed by atoms with Crippen LogP contribution in [0.5, 0.6) is 0 Å². The van der Waals surface area contributed by atoms with Gasteiger partial charge < -0.3 is 10.3 Å². The van der Waals surface area contributed by atoms with Crippen LogP contribution in [0.1, 0.15) is 42.7 Å². The van der Waals surface area contributed by atoms with Crippen molar-refractivity contribution in [3.63, 3.8) is 0 Å². The first kappa shape index (κ1) is 14.0. The maximum Gasteiger partial charge on any atom is 0.257 e. The number of H-pyrrole nitrogens is 1. The zero-order valence-electron chi connectivity index (χ0n) is 10.8. The number of hydrogen-bond acceptors (Lipinski definition) is 3. The molecule has 0 aliphatic heterocycles. The molecule has 1 amide bonds. The normalized spacial score (nSPS) is 10.8. The van der Waals surface area contributed by atoms with Crippen LogP contribution in [-0.2, 0) is 0 Å². The Kier molecular flexibility index (Phi) is 4.27. The van der Waals surface area contributed by atoms with Crippen LogP contribution < -0.4 is 10.7 Å². The third-order valence-electron chi connectivity index (χ3n) is 3.08. The van der Waals surface area contributed by atoms with E-state index in [9.17, 15) is 9.59 Å². The lowest BCUT2D eigenvalue weighted by Crippen LogP contribution is -2.47. The summed E-state index contributed by atoms with van der Waals surface area (Å²) in [4.78, 5) is 26.5. The smallest absolute Gasteiger partial charge is 0.257 e. The molecule has 1 heterocycles. The number of nitrogens with one attached hydrogen (secondary N) is 2. The highest BCUT2D eigenvalue weighted by atomic mass is 16.2. The van der Waals surface area contributed by atoms with E-state index >= 15 is 0 Å². The maximum absolute atomic E-state index is 12.0. The molecule has 0 aliphatic rings. The lowest BCUT2D eigenvalue weighted by Gasteiger charge is -2.24. The maximum atomic E-state index is 12.0. The summed E-state index contributed by atoms with van der Waals surface area (Å²) in [6, 6.07) is 3.46. The molecule has 0 unspecified atom stereocenters. The SMILES string of the molecule is CCC(C#N)(CC)NC(=O)c1c[nH]c(C)cc1=O. The van der Waals surface area contributed by atoms with Gasteiger partial charge in [-0.05, 0) is 19.8 Å². The summed E-state index contributed by atoms with van der Waals surface area (Å²) in [5.74, 6) is -0.512. The first-order chi connectivity index (χ1) is 8.48. The van der Waals surface area contributed by atoms with Gasteiger partial charge in [0.05, 0.1) is 6.07 Å². The van der Waals surface area contributed by atoms with Crippen molar-refractivity contribution in [2.75, 3.05) is 0 Å². The number of hydrogen-bond donors (Lipinski definition) is 2. The Morgan fingerprint density at radius 2 is 2.11 bits per heavy atom. The summed E-state index contributed by atoms with van der Waals surface area (Å²) >= 11 is 0. The molecule has 0 saturated carbocycles. The van der Waals surface area contributed by atoms with Gasteiger partial charge in [0.15, 0.2) is 5.43 Å². The van der Waals surface area contributed by atoms with Crippen molar-refractivity contribution in [2.45, 2.75) is 39.2 Å². The molecule has 0 saturated heterocycles. The molecular formula is C13H17N3O2. The Morgan fingerprint density at radius 1 is 1.50 bits per heavy atom. The highest BCUT2D eigenvalue weighted by Gasteiger charge is 2.28. The van der Waals surface area contributed by atoms with Gasteiger partial charge >= 0.3 is 0 Å². The number of pyridine rings is 1. The molecule has 96 valence electrons. The van der Waals surface area contributed by atoms with Gasteiger partial charge in [0.1, 0.15) is 11.1 Å². The average molecular weight is 247 g/mol. The molecule has 5 nitrogen and oxygen atoms in total. The molecular weight excluding hydrogens is 230 g/mol. The minimum absolute atomic E-state index is 0.0297. The molecule has 0 spiro atoms. The first-order valence-corrected chi connectivity index (χ1v) is 5.91. The third kappa shape index (κ3) is 2.77. The van der Waals surface area contributed by atoms with Gasteiger partial charge in [0, 0.05) is 18.0 Å². The third-order valence-corrected chi connectivity index (χ3v) is 3.08. The standard InChI is InChI=1S/C13H17N3O2/c1-4-13(5-2,8-14)16-12(18)10-7-15-9(3)6-11(10)17/h6-7H,4-5H2,1-3H3,(H,15,17)(H,16,18). The van der Waals surface area contributed by atoms with Crippen molar-refractivity contribution >= 4 is 5.91 Å². The molecule has 2 N–H and O–H groups in total. The molecule has 1 rings (SSSR count). The minimum atomic E-state index is -0.908. The lowest BCUT2D eigenvalue weighted by molar-refractivity contribution is 0.0914. The monoisotopic (exact) mass is 247 g/mol. The van der Waals surface area contributed by atoms with Gasteiger partial charge in [-0.15, -0.1) is 0 Å². The fraction of sp³-hybridized carbons (Fsp3) is 0.462. The van der Waals surface area contributed by atoms with E-state index < -0.39 is 11.4 Å². The highest BCUT2D eigenvalue weighted by molar-refractivity contribution is 5.94. The van der Waals surface area contributed by atoms with Crippen molar-refractivity contribution in [1.82, 2.24) is 10.3 Å². The topological polar surface area (TPSA) is 85.8 Å². The Bertz CT molecular complexity index is 536. The molecule has 0 fully saturated rings. The summed E-state index contributed by atoms with van der Waals surface area (Å²) in [6.45, 7) is 5.39. The van der Waals surface area contributed by atoms with Crippen molar-refractivity contribution in [1.29, 1.82) is 5.26 Å². The zero-order valence-corrected chi connectivity index (χ0v) is 10.8. The van der Waals surface area contributed by atoms with E-state index in [0.717, 1.165) is 0 Å². The Hall–Kier alpha value is -2.09. The predicted octanol–water partition coefficient (Wildman–Crippen LogP) is 1.50. The van der Waals surface area contributed by atoms with Crippen molar-refractivity contribution in [3.8, 4) is 6.07 Å². The molecule has 0 aliphatic carbocycles.